The largest absolute Gasteiger partial charge is 0.370 e. The van der Waals surface area contributed by atoms with Gasteiger partial charge in [0.2, 0.25) is 0 Å². The number of amides is 1. The molecule has 0 atom stereocenters. The fraction of sp³-hybridized carbons (Fsp3) is 0.478. The Labute approximate surface area is 173 Å². The maximum absolute atomic E-state index is 12.6. The Balaban J connectivity index is 1.35. The minimum atomic E-state index is -0.167. The topological polar surface area (TPSA) is 51.7 Å². The SMILES string of the molecule is CN1CCN(c2ccc(NC(=O)c3ccc(N4CCCCCC4)cn3)cc2)CC1. The molecular formula is C23H31N5O. The fourth-order valence-corrected chi connectivity index (χ4v) is 4.05. The highest BCUT2D eigenvalue weighted by Gasteiger charge is 2.15. The van der Waals surface area contributed by atoms with E-state index in [1.165, 1.54) is 31.4 Å². The molecule has 6 heteroatoms. The highest BCUT2D eigenvalue weighted by atomic mass is 16.1. The number of pyridine rings is 1. The molecule has 2 aliphatic rings. The summed E-state index contributed by atoms with van der Waals surface area (Å²) < 4.78 is 0. The van der Waals surface area contributed by atoms with Crippen molar-refractivity contribution in [2.24, 2.45) is 0 Å². The van der Waals surface area contributed by atoms with Crippen LogP contribution in [0.5, 0.6) is 0 Å². The molecule has 0 spiro atoms. The van der Waals surface area contributed by atoms with Gasteiger partial charge in [-0.15, -0.1) is 0 Å². The second-order valence-corrected chi connectivity index (χ2v) is 8.09. The number of benzene rings is 1. The molecule has 1 amide bonds. The van der Waals surface area contributed by atoms with E-state index >= 15 is 0 Å². The maximum atomic E-state index is 12.6. The third-order valence-electron chi connectivity index (χ3n) is 5.95. The number of likely N-dealkylation sites (N-methyl/N-ethyl adjacent to an activating group) is 1. The first-order valence-corrected chi connectivity index (χ1v) is 10.7. The van der Waals surface area contributed by atoms with Gasteiger partial charge < -0.3 is 20.0 Å². The zero-order valence-corrected chi connectivity index (χ0v) is 17.3. The van der Waals surface area contributed by atoms with Crippen LogP contribution < -0.4 is 15.1 Å². The number of hydrogen-bond donors (Lipinski definition) is 1. The summed E-state index contributed by atoms with van der Waals surface area (Å²) in [7, 11) is 2.16. The average Bonchev–Trinajstić information content (AvgIpc) is 3.05. The monoisotopic (exact) mass is 393 g/mol. The molecule has 6 nitrogen and oxygen atoms in total. The Bertz CT molecular complexity index is 789. The number of carbonyl (C=O) groups excluding carboxylic acids is 1. The molecule has 2 aromatic rings. The lowest BCUT2D eigenvalue weighted by molar-refractivity contribution is 0.102. The predicted octanol–water partition coefficient (Wildman–Crippen LogP) is 3.47. The molecule has 154 valence electrons. The molecule has 0 bridgehead atoms. The molecule has 1 N–H and O–H groups in total. The number of aromatic nitrogens is 1. The van der Waals surface area contributed by atoms with Crippen molar-refractivity contribution in [2.45, 2.75) is 25.7 Å². The molecule has 2 saturated heterocycles. The number of carbonyl (C=O) groups is 1. The lowest BCUT2D eigenvalue weighted by atomic mass is 10.2. The van der Waals surface area contributed by atoms with Crippen LogP contribution in [0.2, 0.25) is 0 Å². The normalized spacial score (nSPS) is 18.4. The van der Waals surface area contributed by atoms with Crippen molar-refractivity contribution in [3.8, 4) is 0 Å². The van der Waals surface area contributed by atoms with E-state index in [1.807, 2.05) is 30.5 Å². The Morgan fingerprint density at radius 2 is 1.41 bits per heavy atom. The number of anilines is 3. The van der Waals surface area contributed by atoms with Gasteiger partial charge in [0, 0.05) is 50.6 Å². The second-order valence-electron chi connectivity index (χ2n) is 8.09. The van der Waals surface area contributed by atoms with Crippen LogP contribution >= 0.6 is 0 Å². The van der Waals surface area contributed by atoms with E-state index in [1.54, 1.807) is 0 Å². The number of nitrogens with zero attached hydrogens (tertiary/aromatic N) is 4. The van der Waals surface area contributed by atoms with E-state index in [0.29, 0.717) is 5.69 Å². The Morgan fingerprint density at radius 3 is 2.03 bits per heavy atom. The molecule has 0 radical (unpaired) electrons. The minimum absolute atomic E-state index is 0.167. The van der Waals surface area contributed by atoms with Gasteiger partial charge in [0.25, 0.3) is 5.91 Å². The third kappa shape index (κ3) is 5.07. The zero-order valence-electron chi connectivity index (χ0n) is 17.3. The summed E-state index contributed by atoms with van der Waals surface area (Å²) in [6.07, 6.45) is 6.89. The fourth-order valence-electron chi connectivity index (χ4n) is 4.05. The van der Waals surface area contributed by atoms with E-state index in [0.717, 1.165) is 50.6 Å². The maximum Gasteiger partial charge on any atom is 0.274 e. The summed E-state index contributed by atoms with van der Waals surface area (Å²) in [6, 6.07) is 11.9. The van der Waals surface area contributed by atoms with Crippen LogP contribution in [0.3, 0.4) is 0 Å². The van der Waals surface area contributed by atoms with Crippen molar-refractivity contribution in [1.29, 1.82) is 0 Å². The number of piperazine rings is 1. The first kappa shape index (κ1) is 19.7. The van der Waals surface area contributed by atoms with Crippen LogP contribution in [-0.2, 0) is 0 Å². The summed E-state index contributed by atoms with van der Waals surface area (Å²) in [6.45, 7) is 6.39. The van der Waals surface area contributed by atoms with Gasteiger partial charge in [-0.1, -0.05) is 12.8 Å². The zero-order chi connectivity index (χ0) is 20.1. The van der Waals surface area contributed by atoms with Crippen molar-refractivity contribution >= 4 is 23.0 Å². The summed E-state index contributed by atoms with van der Waals surface area (Å²) in [5.41, 5.74) is 3.56. The quantitative estimate of drug-likeness (QED) is 0.862. The van der Waals surface area contributed by atoms with E-state index < -0.39 is 0 Å². The first-order valence-electron chi connectivity index (χ1n) is 10.7. The van der Waals surface area contributed by atoms with Gasteiger partial charge in [-0.2, -0.15) is 0 Å². The van der Waals surface area contributed by atoms with Crippen LogP contribution in [0.15, 0.2) is 42.6 Å². The van der Waals surface area contributed by atoms with Crippen molar-refractivity contribution in [3.63, 3.8) is 0 Å². The summed E-state index contributed by atoms with van der Waals surface area (Å²) in [5.74, 6) is -0.167. The second kappa shape index (κ2) is 9.27. The molecule has 0 unspecified atom stereocenters. The molecule has 4 rings (SSSR count). The lowest BCUT2D eigenvalue weighted by Crippen LogP contribution is -2.44. The van der Waals surface area contributed by atoms with Gasteiger partial charge in [0.1, 0.15) is 5.69 Å². The number of rotatable bonds is 4. The third-order valence-corrected chi connectivity index (χ3v) is 5.95. The Hall–Kier alpha value is -2.60. The van der Waals surface area contributed by atoms with Gasteiger partial charge >= 0.3 is 0 Å². The molecule has 1 aromatic heterocycles. The van der Waals surface area contributed by atoms with Gasteiger partial charge in [-0.05, 0) is 56.3 Å². The van der Waals surface area contributed by atoms with E-state index in [4.69, 9.17) is 0 Å². The molecule has 1 aromatic carbocycles. The van der Waals surface area contributed by atoms with E-state index in [9.17, 15) is 4.79 Å². The first-order chi connectivity index (χ1) is 14.2. The van der Waals surface area contributed by atoms with Crippen molar-refractivity contribution in [1.82, 2.24) is 9.88 Å². The smallest absolute Gasteiger partial charge is 0.274 e. The lowest BCUT2D eigenvalue weighted by Gasteiger charge is -2.34. The molecule has 2 aliphatic heterocycles. The molecule has 29 heavy (non-hydrogen) atoms. The standard InChI is InChI=1S/C23H31N5O/c1-26-14-16-28(17-15-26)20-8-6-19(7-9-20)25-23(29)22-11-10-21(18-24-22)27-12-4-2-3-5-13-27/h6-11,18H,2-5,12-17H2,1H3,(H,25,29). The Morgan fingerprint density at radius 1 is 0.793 bits per heavy atom. The number of hydrogen-bond acceptors (Lipinski definition) is 5. The molecule has 0 aliphatic carbocycles. The molecular weight excluding hydrogens is 362 g/mol. The van der Waals surface area contributed by atoms with Gasteiger partial charge in [0.15, 0.2) is 0 Å². The summed E-state index contributed by atoms with van der Waals surface area (Å²) in [5, 5.41) is 2.96. The summed E-state index contributed by atoms with van der Waals surface area (Å²) in [4.78, 5) is 24.1. The molecule has 3 heterocycles. The Kier molecular flexibility index (Phi) is 6.30. The highest BCUT2D eigenvalue weighted by Crippen LogP contribution is 2.21. The van der Waals surface area contributed by atoms with Gasteiger partial charge in [-0.25, -0.2) is 4.98 Å². The predicted molar refractivity (Wildman–Crippen MR) is 119 cm³/mol. The average molecular weight is 394 g/mol. The van der Waals surface area contributed by atoms with Crippen LogP contribution in [0, 0.1) is 0 Å². The van der Waals surface area contributed by atoms with E-state index in [2.05, 4.69) is 44.2 Å². The van der Waals surface area contributed by atoms with Crippen molar-refractivity contribution in [3.05, 3.63) is 48.3 Å². The molecule has 0 saturated carbocycles. The van der Waals surface area contributed by atoms with Crippen LogP contribution in [0.1, 0.15) is 36.2 Å². The summed E-state index contributed by atoms with van der Waals surface area (Å²) >= 11 is 0. The van der Waals surface area contributed by atoms with Crippen LogP contribution in [-0.4, -0.2) is 62.1 Å². The van der Waals surface area contributed by atoms with E-state index in [-0.39, 0.29) is 5.91 Å². The number of nitrogens with one attached hydrogen (secondary N) is 1. The van der Waals surface area contributed by atoms with Crippen LogP contribution in [0.25, 0.3) is 0 Å². The van der Waals surface area contributed by atoms with Crippen molar-refractivity contribution < 1.29 is 4.79 Å². The van der Waals surface area contributed by atoms with Gasteiger partial charge in [-0.3, -0.25) is 4.79 Å². The minimum Gasteiger partial charge on any atom is -0.370 e. The van der Waals surface area contributed by atoms with Crippen molar-refractivity contribution in [2.75, 3.05) is 61.4 Å². The van der Waals surface area contributed by atoms with Gasteiger partial charge in [0.05, 0.1) is 11.9 Å². The molecule has 2 fully saturated rings. The highest BCUT2D eigenvalue weighted by molar-refractivity contribution is 6.03. The van der Waals surface area contributed by atoms with Crippen LogP contribution in [0.4, 0.5) is 17.1 Å².